The maximum Gasteiger partial charge on any atom is 0.270 e. The Morgan fingerprint density at radius 2 is 1.77 bits per heavy atom. The molecular weight excluding hydrogens is 434 g/mol. The summed E-state index contributed by atoms with van der Waals surface area (Å²) in [6.07, 6.45) is 0. The lowest BCUT2D eigenvalue weighted by Crippen LogP contribution is -2.23. The zero-order valence-corrected chi connectivity index (χ0v) is 17.7. The van der Waals surface area contributed by atoms with E-state index in [1.54, 1.807) is 11.3 Å². The second kappa shape index (κ2) is 9.07. The minimum Gasteiger partial charge on any atom is -0.348 e. The number of nitro groups is 1. The fourth-order valence-electron chi connectivity index (χ4n) is 2.99. The third-order valence-corrected chi connectivity index (χ3v) is 5.85. The Bertz CT molecular complexity index is 1240. The highest BCUT2D eigenvalue weighted by atomic mass is 35.5. The van der Waals surface area contributed by atoms with Crippen molar-refractivity contribution in [3.63, 3.8) is 0 Å². The summed E-state index contributed by atoms with van der Waals surface area (Å²) in [7, 11) is 0. The smallest absolute Gasteiger partial charge is 0.270 e. The van der Waals surface area contributed by atoms with E-state index in [0.717, 1.165) is 27.4 Å². The molecule has 3 aromatic carbocycles. The Morgan fingerprint density at radius 3 is 2.48 bits per heavy atom. The number of benzene rings is 3. The SMILES string of the molecule is O=C(NCc1ccc(-c2nc(-c3ccccc3)cs2)cc1)c1cc([N+](=O)[O-])ccc1Cl. The Hall–Kier alpha value is -3.55. The molecule has 31 heavy (non-hydrogen) atoms. The maximum absolute atomic E-state index is 12.4. The van der Waals surface area contributed by atoms with Crippen LogP contribution in [0.3, 0.4) is 0 Å². The van der Waals surface area contributed by atoms with Crippen LogP contribution in [0.1, 0.15) is 15.9 Å². The predicted octanol–water partition coefficient (Wildman–Crippen LogP) is 5.97. The van der Waals surface area contributed by atoms with Crippen LogP contribution >= 0.6 is 22.9 Å². The molecule has 0 aliphatic heterocycles. The zero-order chi connectivity index (χ0) is 21.8. The van der Waals surface area contributed by atoms with Gasteiger partial charge in [0.15, 0.2) is 0 Å². The van der Waals surface area contributed by atoms with Gasteiger partial charge in [-0.05, 0) is 11.6 Å². The van der Waals surface area contributed by atoms with Crippen molar-refractivity contribution in [1.29, 1.82) is 0 Å². The monoisotopic (exact) mass is 449 g/mol. The lowest BCUT2D eigenvalue weighted by Gasteiger charge is -2.07. The maximum atomic E-state index is 12.4. The summed E-state index contributed by atoms with van der Waals surface area (Å²) in [6, 6.07) is 21.5. The quantitative estimate of drug-likeness (QED) is 0.290. The molecule has 0 radical (unpaired) electrons. The normalized spacial score (nSPS) is 10.6. The Morgan fingerprint density at radius 1 is 1.03 bits per heavy atom. The number of nitrogens with one attached hydrogen (secondary N) is 1. The van der Waals surface area contributed by atoms with Crippen LogP contribution in [0.4, 0.5) is 5.69 Å². The number of non-ortho nitro benzene ring substituents is 1. The van der Waals surface area contributed by atoms with Crippen LogP contribution in [-0.4, -0.2) is 15.8 Å². The Balaban J connectivity index is 1.43. The van der Waals surface area contributed by atoms with E-state index in [-0.39, 0.29) is 22.8 Å². The zero-order valence-electron chi connectivity index (χ0n) is 16.1. The second-order valence-corrected chi connectivity index (χ2v) is 7.97. The first kappa shape index (κ1) is 20.7. The molecule has 0 atom stereocenters. The van der Waals surface area contributed by atoms with E-state index in [0.29, 0.717) is 0 Å². The van der Waals surface area contributed by atoms with Gasteiger partial charge in [-0.25, -0.2) is 4.98 Å². The molecule has 1 heterocycles. The molecule has 0 saturated carbocycles. The van der Waals surface area contributed by atoms with Gasteiger partial charge in [0.2, 0.25) is 0 Å². The van der Waals surface area contributed by atoms with E-state index >= 15 is 0 Å². The van der Waals surface area contributed by atoms with Crippen molar-refractivity contribution in [2.24, 2.45) is 0 Å². The molecule has 0 unspecified atom stereocenters. The van der Waals surface area contributed by atoms with Gasteiger partial charge in [-0.2, -0.15) is 0 Å². The highest BCUT2D eigenvalue weighted by Crippen LogP contribution is 2.29. The number of nitrogens with zero attached hydrogens (tertiary/aromatic N) is 2. The minimum atomic E-state index is -0.562. The first-order valence-electron chi connectivity index (χ1n) is 9.33. The summed E-state index contributed by atoms with van der Waals surface area (Å²) in [5.74, 6) is -0.467. The Labute approximate surface area is 187 Å². The molecule has 154 valence electrons. The largest absolute Gasteiger partial charge is 0.348 e. The first-order chi connectivity index (χ1) is 15.0. The number of aromatic nitrogens is 1. The molecule has 0 spiro atoms. The van der Waals surface area contributed by atoms with E-state index in [1.807, 2.05) is 60.0 Å². The summed E-state index contributed by atoms with van der Waals surface area (Å²) < 4.78 is 0. The number of hydrogen-bond acceptors (Lipinski definition) is 5. The highest BCUT2D eigenvalue weighted by molar-refractivity contribution is 7.13. The topological polar surface area (TPSA) is 85.1 Å². The van der Waals surface area contributed by atoms with Crippen LogP contribution < -0.4 is 5.32 Å². The van der Waals surface area contributed by atoms with Crippen molar-refractivity contribution in [1.82, 2.24) is 10.3 Å². The molecule has 0 bridgehead atoms. The number of nitro benzene ring substituents is 1. The summed E-state index contributed by atoms with van der Waals surface area (Å²) >= 11 is 7.60. The predicted molar refractivity (Wildman–Crippen MR) is 122 cm³/mol. The fourth-order valence-corrected chi connectivity index (χ4v) is 4.03. The Kier molecular flexibility index (Phi) is 6.06. The van der Waals surface area contributed by atoms with Gasteiger partial charge in [0, 0.05) is 35.2 Å². The number of halogens is 1. The van der Waals surface area contributed by atoms with Crippen molar-refractivity contribution >= 4 is 34.5 Å². The van der Waals surface area contributed by atoms with Crippen LogP contribution in [0.2, 0.25) is 5.02 Å². The van der Waals surface area contributed by atoms with Crippen molar-refractivity contribution in [3.8, 4) is 21.8 Å². The van der Waals surface area contributed by atoms with E-state index in [9.17, 15) is 14.9 Å². The van der Waals surface area contributed by atoms with Crippen molar-refractivity contribution in [2.75, 3.05) is 0 Å². The van der Waals surface area contributed by atoms with Crippen molar-refractivity contribution in [3.05, 3.63) is 104 Å². The van der Waals surface area contributed by atoms with Gasteiger partial charge in [0.1, 0.15) is 5.01 Å². The molecule has 1 N–H and O–H groups in total. The number of thiazole rings is 1. The third-order valence-electron chi connectivity index (χ3n) is 4.63. The minimum absolute atomic E-state index is 0.0729. The summed E-state index contributed by atoms with van der Waals surface area (Å²) in [6.45, 7) is 0.269. The van der Waals surface area contributed by atoms with Crippen LogP contribution in [-0.2, 0) is 6.54 Å². The standard InChI is InChI=1S/C23H16ClN3O3S/c24-20-11-10-18(27(29)30)12-19(20)22(28)25-13-15-6-8-17(9-7-15)23-26-21(14-31-23)16-4-2-1-3-5-16/h1-12,14H,13H2,(H,25,28). The lowest BCUT2D eigenvalue weighted by atomic mass is 10.1. The van der Waals surface area contributed by atoms with E-state index in [2.05, 4.69) is 5.32 Å². The molecule has 4 aromatic rings. The molecule has 0 fully saturated rings. The van der Waals surface area contributed by atoms with Gasteiger partial charge in [-0.1, -0.05) is 66.2 Å². The molecule has 6 nitrogen and oxygen atoms in total. The van der Waals surface area contributed by atoms with Crippen molar-refractivity contribution in [2.45, 2.75) is 6.54 Å². The van der Waals surface area contributed by atoms with Gasteiger partial charge in [-0.15, -0.1) is 11.3 Å². The number of carbonyl (C=O) groups is 1. The molecule has 0 aliphatic carbocycles. The summed E-state index contributed by atoms with van der Waals surface area (Å²) in [5.41, 5.74) is 3.78. The molecule has 0 saturated heterocycles. The fraction of sp³-hybridized carbons (Fsp3) is 0.0435. The number of amides is 1. The van der Waals surface area contributed by atoms with Gasteiger partial charge >= 0.3 is 0 Å². The average molecular weight is 450 g/mol. The molecule has 1 amide bonds. The third kappa shape index (κ3) is 4.79. The number of hydrogen-bond donors (Lipinski definition) is 1. The first-order valence-corrected chi connectivity index (χ1v) is 10.6. The van der Waals surface area contributed by atoms with Gasteiger partial charge in [0.05, 0.1) is 21.2 Å². The summed E-state index contributed by atoms with van der Waals surface area (Å²) in [4.78, 5) is 27.5. The van der Waals surface area contributed by atoms with Crippen LogP contribution in [0.15, 0.2) is 78.2 Å². The number of carbonyl (C=O) groups excluding carboxylic acids is 1. The van der Waals surface area contributed by atoms with Crippen LogP contribution in [0.5, 0.6) is 0 Å². The average Bonchev–Trinajstić information content (AvgIpc) is 3.29. The molecule has 1 aromatic heterocycles. The van der Waals surface area contributed by atoms with Gasteiger partial charge in [0.25, 0.3) is 11.6 Å². The van der Waals surface area contributed by atoms with Crippen LogP contribution in [0, 0.1) is 10.1 Å². The van der Waals surface area contributed by atoms with Crippen LogP contribution in [0.25, 0.3) is 21.8 Å². The van der Waals surface area contributed by atoms with E-state index < -0.39 is 10.8 Å². The van der Waals surface area contributed by atoms with Gasteiger partial charge < -0.3 is 5.32 Å². The molecule has 4 rings (SSSR count). The molecular formula is C23H16ClN3O3S. The molecule has 0 aliphatic rings. The van der Waals surface area contributed by atoms with Crippen molar-refractivity contribution < 1.29 is 9.72 Å². The second-order valence-electron chi connectivity index (χ2n) is 6.70. The van der Waals surface area contributed by atoms with E-state index in [4.69, 9.17) is 16.6 Å². The number of rotatable bonds is 6. The lowest BCUT2D eigenvalue weighted by molar-refractivity contribution is -0.384. The molecule has 8 heteroatoms. The highest BCUT2D eigenvalue weighted by Gasteiger charge is 2.15. The summed E-state index contributed by atoms with van der Waals surface area (Å²) in [5, 5.41) is 16.8. The van der Waals surface area contributed by atoms with Gasteiger partial charge in [-0.3, -0.25) is 14.9 Å². The van der Waals surface area contributed by atoms with E-state index in [1.165, 1.54) is 18.2 Å².